The number of alkyl halides is 3. The van der Waals surface area contributed by atoms with Gasteiger partial charge in [0.15, 0.2) is 0 Å². The molecule has 1 N–H and O–H groups in total. The summed E-state index contributed by atoms with van der Waals surface area (Å²) in [5.74, 6) is 0. The molecule has 2 amide bonds. The molecule has 0 aromatic heterocycles. The van der Waals surface area contributed by atoms with Gasteiger partial charge in [-0.15, -0.1) is 0 Å². The Hall–Kier alpha value is -0.980. The number of rotatable bonds is 7. The third-order valence-corrected chi connectivity index (χ3v) is 2.62. The number of hydrogen-bond donors (Lipinski definition) is 1. The van der Waals surface area contributed by atoms with Crippen molar-refractivity contribution in [2.45, 2.75) is 38.9 Å². The van der Waals surface area contributed by atoms with Gasteiger partial charge in [-0.25, -0.2) is 4.79 Å². The van der Waals surface area contributed by atoms with Crippen molar-refractivity contribution in [3.8, 4) is 0 Å². The van der Waals surface area contributed by atoms with Gasteiger partial charge in [0, 0.05) is 19.7 Å². The van der Waals surface area contributed by atoms with Crippen molar-refractivity contribution >= 4 is 6.03 Å². The number of halogens is 3. The lowest BCUT2D eigenvalue weighted by molar-refractivity contribution is -0.123. The van der Waals surface area contributed by atoms with Crippen molar-refractivity contribution in [1.29, 1.82) is 0 Å². The zero-order valence-electron chi connectivity index (χ0n) is 11.0. The molecule has 0 rings (SSSR count). The van der Waals surface area contributed by atoms with Crippen LogP contribution in [0.15, 0.2) is 0 Å². The maximum atomic E-state index is 12.0. The Kier molecular flexibility index (Phi) is 7.73. The van der Waals surface area contributed by atoms with Crippen LogP contribution >= 0.6 is 0 Å². The van der Waals surface area contributed by atoms with Crippen molar-refractivity contribution in [1.82, 2.24) is 10.2 Å². The first-order valence-electron chi connectivity index (χ1n) is 5.95. The predicted octanol–water partition coefficient (Wildman–Crippen LogP) is 2.40. The Bertz CT molecular complexity index is 243. The highest BCUT2D eigenvalue weighted by molar-refractivity contribution is 5.74. The molecule has 0 saturated carbocycles. The number of hydrogen-bond acceptors (Lipinski definition) is 2. The molecule has 0 spiro atoms. The van der Waals surface area contributed by atoms with Gasteiger partial charge in [-0.2, -0.15) is 13.2 Å². The smallest absolute Gasteiger partial charge is 0.383 e. The molecule has 0 heterocycles. The maximum absolute atomic E-state index is 12.0. The molecule has 0 fully saturated rings. The lowest BCUT2D eigenvalue weighted by Crippen LogP contribution is -2.49. The van der Waals surface area contributed by atoms with E-state index in [0.29, 0.717) is 19.4 Å². The first-order chi connectivity index (χ1) is 8.35. The van der Waals surface area contributed by atoms with E-state index in [9.17, 15) is 18.0 Å². The number of nitrogens with zero attached hydrogens (tertiary/aromatic N) is 1. The van der Waals surface area contributed by atoms with Crippen LogP contribution in [0, 0.1) is 0 Å². The summed E-state index contributed by atoms with van der Waals surface area (Å²) < 4.78 is 41.0. The highest BCUT2D eigenvalue weighted by Gasteiger charge is 2.29. The van der Waals surface area contributed by atoms with Gasteiger partial charge < -0.3 is 15.0 Å². The lowest BCUT2D eigenvalue weighted by Gasteiger charge is -2.30. The quantitative estimate of drug-likeness (QED) is 0.771. The van der Waals surface area contributed by atoms with Crippen molar-refractivity contribution in [2.75, 3.05) is 26.8 Å². The van der Waals surface area contributed by atoms with Crippen LogP contribution in [-0.4, -0.2) is 50.0 Å². The SMILES string of the molecule is CCC(CC)N(CCOC)C(=O)NCC(F)(F)F. The van der Waals surface area contributed by atoms with Crippen LogP contribution in [0.25, 0.3) is 0 Å². The van der Waals surface area contributed by atoms with E-state index in [4.69, 9.17) is 4.74 Å². The van der Waals surface area contributed by atoms with Gasteiger partial charge in [-0.1, -0.05) is 13.8 Å². The summed E-state index contributed by atoms with van der Waals surface area (Å²) in [5.41, 5.74) is 0. The highest BCUT2D eigenvalue weighted by Crippen LogP contribution is 2.13. The second-order valence-corrected chi connectivity index (χ2v) is 3.93. The Morgan fingerprint density at radius 2 is 1.89 bits per heavy atom. The summed E-state index contributed by atoms with van der Waals surface area (Å²) in [6.45, 7) is 3.06. The van der Waals surface area contributed by atoms with Gasteiger partial charge in [0.2, 0.25) is 0 Å². The van der Waals surface area contributed by atoms with Crippen LogP contribution in [0.1, 0.15) is 26.7 Å². The molecule has 0 aliphatic carbocycles. The second-order valence-electron chi connectivity index (χ2n) is 3.93. The average Bonchev–Trinajstić information content (AvgIpc) is 2.30. The van der Waals surface area contributed by atoms with E-state index < -0.39 is 18.8 Å². The van der Waals surface area contributed by atoms with Gasteiger partial charge >= 0.3 is 12.2 Å². The van der Waals surface area contributed by atoms with Crippen LogP contribution in [0.3, 0.4) is 0 Å². The Balaban J connectivity index is 4.48. The van der Waals surface area contributed by atoms with Gasteiger partial charge in [-0.3, -0.25) is 0 Å². The number of carbonyl (C=O) groups excluding carboxylic acids is 1. The molecule has 108 valence electrons. The van der Waals surface area contributed by atoms with Gasteiger partial charge in [0.1, 0.15) is 6.54 Å². The molecule has 18 heavy (non-hydrogen) atoms. The van der Waals surface area contributed by atoms with Crippen LogP contribution in [0.2, 0.25) is 0 Å². The van der Waals surface area contributed by atoms with Crippen molar-refractivity contribution in [2.24, 2.45) is 0 Å². The van der Waals surface area contributed by atoms with Gasteiger partial charge in [0.05, 0.1) is 6.61 Å². The lowest BCUT2D eigenvalue weighted by atomic mass is 10.1. The molecular weight excluding hydrogens is 249 g/mol. The molecule has 7 heteroatoms. The van der Waals surface area contributed by atoms with E-state index >= 15 is 0 Å². The zero-order chi connectivity index (χ0) is 14.2. The highest BCUT2D eigenvalue weighted by atomic mass is 19.4. The summed E-state index contributed by atoms with van der Waals surface area (Å²) >= 11 is 0. The summed E-state index contributed by atoms with van der Waals surface area (Å²) in [6.07, 6.45) is -3.00. The van der Waals surface area contributed by atoms with Crippen LogP contribution in [0.4, 0.5) is 18.0 Å². The fourth-order valence-electron chi connectivity index (χ4n) is 1.65. The summed E-state index contributed by atoms with van der Waals surface area (Å²) in [6, 6.07) is -0.772. The molecule has 0 aromatic rings. The van der Waals surface area contributed by atoms with Crippen molar-refractivity contribution in [3.05, 3.63) is 0 Å². The van der Waals surface area contributed by atoms with Crippen molar-refractivity contribution < 1.29 is 22.7 Å². The third-order valence-electron chi connectivity index (χ3n) is 2.62. The van der Waals surface area contributed by atoms with Gasteiger partial charge in [0.25, 0.3) is 0 Å². The van der Waals surface area contributed by atoms with E-state index in [2.05, 4.69) is 0 Å². The molecular formula is C11H21F3N2O2. The minimum absolute atomic E-state index is 0.0756. The molecule has 0 radical (unpaired) electrons. The van der Waals surface area contributed by atoms with E-state index in [0.717, 1.165) is 0 Å². The van der Waals surface area contributed by atoms with Crippen LogP contribution < -0.4 is 5.32 Å². The van der Waals surface area contributed by atoms with Crippen molar-refractivity contribution in [3.63, 3.8) is 0 Å². The molecule has 0 atom stereocenters. The zero-order valence-corrected chi connectivity index (χ0v) is 11.0. The van der Waals surface area contributed by atoms with Crippen LogP contribution in [-0.2, 0) is 4.74 Å². The number of urea groups is 1. The minimum atomic E-state index is -4.39. The molecule has 0 aliphatic heterocycles. The normalized spacial score (nSPS) is 11.7. The molecule has 0 aliphatic rings. The van der Waals surface area contributed by atoms with E-state index in [1.54, 1.807) is 0 Å². The minimum Gasteiger partial charge on any atom is -0.383 e. The van der Waals surface area contributed by atoms with E-state index in [1.165, 1.54) is 12.0 Å². The molecule has 0 bridgehead atoms. The standard InChI is InChI=1S/C11H21F3N2O2/c1-4-9(5-2)16(6-7-18-3)10(17)15-8-11(12,13)14/h9H,4-8H2,1-3H3,(H,15,17). The maximum Gasteiger partial charge on any atom is 0.405 e. The Morgan fingerprint density at radius 3 is 2.28 bits per heavy atom. The largest absolute Gasteiger partial charge is 0.405 e. The molecule has 0 unspecified atom stereocenters. The molecule has 0 saturated heterocycles. The summed E-state index contributed by atoms with van der Waals surface area (Å²) in [7, 11) is 1.48. The summed E-state index contributed by atoms with van der Waals surface area (Å²) in [4.78, 5) is 13.1. The Morgan fingerprint density at radius 1 is 1.33 bits per heavy atom. The van der Waals surface area contributed by atoms with Gasteiger partial charge in [-0.05, 0) is 12.8 Å². The van der Waals surface area contributed by atoms with E-state index in [1.807, 2.05) is 19.2 Å². The number of nitrogens with one attached hydrogen (secondary N) is 1. The predicted molar refractivity (Wildman–Crippen MR) is 62.4 cm³/mol. The second kappa shape index (κ2) is 8.18. The monoisotopic (exact) mass is 270 g/mol. The molecule has 4 nitrogen and oxygen atoms in total. The molecule has 0 aromatic carbocycles. The topological polar surface area (TPSA) is 41.6 Å². The first-order valence-corrected chi connectivity index (χ1v) is 5.95. The Labute approximate surface area is 105 Å². The number of ether oxygens (including phenoxy) is 1. The number of methoxy groups -OCH3 is 1. The fourth-order valence-corrected chi connectivity index (χ4v) is 1.65. The number of amides is 2. The van der Waals surface area contributed by atoms with E-state index in [-0.39, 0.29) is 12.6 Å². The first kappa shape index (κ1) is 17.0. The summed E-state index contributed by atoms with van der Waals surface area (Å²) in [5, 5.41) is 1.89. The number of carbonyl (C=O) groups is 1. The van der Waals surface area contributed by atoms with Crippen LogP contribution in [0.5, 0.6) is 0 Å². The fraction of sp³-hybridized carbons (Fsp3) is 0.909. The average molecular weight is 270 g/mol. The third kappa shape index (κ3) is 6.68.